The maximum Gasteiger partial charge on any atom is 0.321 e. The van der Waals surface area contributed by atoms with Crippen LogP contribution in [0.3, 0.4) is 0 Å². The number of amides is 3. The second-order valence-electron chi connectivity index (χ2n) is 8.59. The monoisotopic (exact) mass is 447 g/mol. The number of fused-ring (bicyclic) bond motifs is 1. The van der Waals surface area contributed by atoms with E-state index in [-0.39, 0.29) is 17.9 Å². The third-order valence-electron chi connectivity index (χ3n) is 6.48. The zero-order valence-electron chi connectivity index (χ0n) is 18.5. The van der Waals surface area contributed by atoms with E-state index in [4.69, 9.17) is 9.26 Å². The highest BCUT2D eigenvalue weighted by Crippen LogP contribution is 2.44. The van der Waals surface area contributed by atoms with E-state index >= 15 is 0 Å². The molecule has 3 aromatic rings. The Morgan fingerprint density at radius 3 is 2.58 bits per heavy atom. The van der Waals surface area contributed by atoms with Gasteiger partial charge in [-0.1, -0.05) is 29.4 Å². The molecule has 1 aromatic heterocycles. The number of ether oxygens (including phenoxy) is 1. The lowest BCUT2D eigenvalue weighted by molar-refractivity contribution is 0.0770. The average molecular weight is 447 g/mol. The van der Waals surface area contributed by atoms with Crippen LogP contribution in [0.15, 0.2) is 59.1 Å². The fourth-order valence-electron chi connectivity index (χ4n) is 4.84. The Morgan fingerprint density at radius 2 is 1.85 bits per heavy atom. The van der Waals surface area contributed by atoms with Crippen LogP contribution in [0.2, 0.25) is 0 Å². The van der Waals surface area contributed by atoms with Crippen molar-refractivity contribution in [3.05, 3.63) is 71.9 Å². The Morgan fingerprint density at radius 1 is 1.09 bits per heavy atom. The number of aryl methyl sites for hydroxylation is 1. The fourth-order valence-corrected chi connectivity index (χ4v) is 4.84. The maximum absolute atomic E-state index is 13.1. The quantitative estimate of drug-likeness (QED) is 0.660. The topological polar surface area (TPSA) is 101 Å². The highest BCUT2D eigenvalue weighted by Gasteiger charge is 2.58. The van der Waals surface area contributed by atoms with Crippen LogP contribution < -0.4 is 10.1 Å². The number of urea groups is 1. The number of nitrogens with zero attached hydrogens (tertiary/aromatic N) is 4. The van der Waals surface area contributed by atoms with Gasteiger partial charge in [-0.3, -0.25) is 4.79 Å². The summed E-state index contributed by atoms with van der Waals surface area (Å²) in [5.74, 6) is 1.63. The van der Waals surface area contributed by atoms with Crippen LogP contribution in [-0.2, 0) is 5.41 Å². The molecule has 170 valence electrons. The summed E-state index contributed by atoms with van der Waals surface area (Å²) < 4.78 is 10.8. The lowest BCUT2D eigenvalue weighted by Crippen LogP contribution is -2.42. The first-order valence-electron chi connectivity index (χ1n) is 10.8. The standard InChI is InChI=1S/C24H25N5O4/c1-16-25-22(33-27-16)24-14-28(21(30)17-7-4-3-5-8-17)12-18(24)13-29(15-24)23(31)26-19-9-6-10-20(11-19)32-2/h3-11,18H,12-15H2,1-2H3,(H,26,31)/t18-,24-/m1/s1. The van der Waals surface area contributed by atoms with Gasteiger partial charge in [0.05, 0.1) is 12.5 Å². The molecule has 2 aliphatic rings. The third-order valence-corrected chi connectivity index (χ3v) is 6.48. The Kier molecular flexibility index (Phi) is 5.24. The van der Waals surface area contributed by atoms with Crippen LogP contribution in [0.4, 0.5) is 10.5 Å². The van der Waals surface area contributed by atoms with Gasteiger partial charge in [0.1, 0.15) is 5.75 Å². The maximum atomic E-state index is 13.1. The molecule has 0 saturated carbocycles. The molecule has 3 amide bonds. The van der Waals surface area contributed by atoms with Gasteiger partial charge in [-0.05, 0) is 31.2 Å². The van der Waals surface area contributed by atoms with Crippen molar-refractivity contribution in [3.63, 3.8) is 0 Å². The van der Waals surface area contributed by atoms with Gasteiger partial charge in [0, 0.05) is 49.4 Å². The number of hydrogen-bond donors (Lipinski definition) is 1. The van der Waals surface area contributed by atoms with Crippen molar-refractivity contribution < 1.29 is 18.8 Å². The summed E-state index contributed by atoms with van der Waals surface area (Å²) in [6.45, 7) is 3.56. The first kappa shape index (κ1) is 21.0. The van der Waals surface area contributed by atoms with Crippen molar-refractivity contribution in [3.8, 4) is 5.75 Å². The van der Waals surface area contributed by atoms with Gasteiger partial charge >= 0.3 is 6.03 Å². The smallest absolute Gasteiger partial charge is 0.321 e. The van der Waals surface area contributed by atoms with Crippen LogP contribution in [-0.4, -0.2) is 65.2 Å². The molecule has 0 radical (unpaired) electrons. The summed E-state index contributed by atoms with van der Waals surface area (Å²) in [6, 6.07) is 16.2. The summed E-state index contributed by atoms with van der Waals surface area (Å²) in [4.78, 5) is 34.3. The lowest BCUT2D eigenvalue weighted by Gasteiger charge is -2.26. The molecule has 2 saturated heterocycles. The van der Waals surface area contributed by atoms with Crippen molar-refractivity contribution in [2.75, 3.05) is 38.6 Å². The van der Waals surface area contributed by atoms with Gasteiger partial charge in [0.25, 0.3) is 5.91 Å². The van der Waals surface area contributed by atoms with Crippen molar-refractivity contribution in [2.24, 2.45) is 5.92 Å². The van der Waals surface area contributed by atoms with Gasteiger partial charge in [-0.25, -0.2) is 4.79 Å². The molecule has 33 heavy (non-hydrogen) atoms. The van der Waals surface area contributed by atoms with Gasteiger partial charge in [-0.2, -0.15) is 4.98 Å². The Balaban J connectivity index is 1.38. The minimum absolute atomic E-state index is 0.0129. The molecule has 0 spiro atoms. The van der Waals surface area contributed by atoms with E-state index in [1.165, 1.54) is 0 Å². The zero-order chi connectivity index (χ0) is 23.0. The average Bonchev–Trinajstić information content (AvgIpc) is 3.52. The predicted octanol–water partition coefficient (Wildman–Crippen LogP) is 2.94. The molecule has 0 aliphatic carbocycles. The Labute approximate surface area is 191 Å². The van der Waals surface area contributed by atoms with Crippen molar-refractivity contribution in [1.82, 2.24) is 19.9 Å². The lowest BCUT2D eigenvalue weighted by atomic mass is 9.81. The largest absolute Gasteiger partial charge is 0.497 e. The van der Waals surface area contributed by atoms with Crippen LogP contribution in [0, 0.1) is 12.8 Å². The van der Waals surface area contributed by atoms with Crippen molar-refractivity contribution >= 4 is 17.6 Å². The van der Waals surface area contributed by atoms with E-state index in [1.54, 1.807) is 25.0 Å². The summed E-state index contributed by atoms with van der Waals surface area (Å²) in [7, 11) is 1.58. The fraction of sp³-hybridized carbons (Fsp3) is 0.333. The number of anilines is 1. The van der Waals surface area contributed by atoms with Gasteiger partial charge in [0.15, 0.2) is 5.82 Å². The second kappa shape index (κ2) is 8.23. The molecule has 2 aromatic carbocycles. The minimum Gasteiger partial charge on any atom is -0.497 e. The van der Waals surface area contributed by atoms with Gasteiger partial charge in [0.2, 0.25) is 5.89 Å². The molecular formula is C24H25N5O4. The van der Waals surface area contributed by atoms with Crippen LogP contribution in [0.1, 0.15) is 22.1 Å². The van der Waals surface area contributed by atoms with Crippen molar-refractivity contribution in [1.29, 1.82) is 0 Å². The number of likely N-dealkylation sites (tertiary alicyclic amines) is 2. The highest BCUT2D eigenvalue weighted by molar-refractivity contribution is 5.94. The van der Waals surface area contributed by atoms with E-state index in [0.717, 1.165) is 0 Å². The number of carbonyl (C=O) groups is 2. The summed E-state index contributed by atoms with van der Waals surface area (Å²) >= 11 is 0. The van der Waals surface area contributed by atoms with Crippen molar-refractivity contribution in [2.45, 2.75) is 12.3 Å². The normalized spacial score (nSPS) is 21.7. The molecule has 2 atom stereocenters. The Bertz CT molecular complexity index is 1180. The summed E-state index contributed by atoms with van der Waals surface area (Å²) in [6.07, 6.45) is 0. The van der Waals surface area contributed by atoms with E-state index in [9.17, 15) is 9.59 Å². The molecule has 2 aliphatic heterocycles. The number of hydrogen-bond acceptors (Lipinski definition) is 6. The van der Waals surface area contributed by atoms with Gasteiger partial charge < -0.3 is 24.4 Å². The minimum atomic E-state index is -0.600. The molecule has 9 heteroatoms. The number of methoxy groups -OCH3 is 1. The third kappa shape index (κ3) is 3.79. The number of rotatable bonds is 4. The predicted molar refractivity (Wildman–Crippen MR) is 120 cm³/mol. The highest BCUT2D eigenvalue weighted by atomic mass is 16.5. The number of carbonyl (C=O) groups excluding carboxylic acids is 2. The summed E-state index contributed by atoms with van der Waals surface area (Å²) in [5.41, 5.74) is 0.694. The van der Waals surface area contributed by atoms with Crippen LogP contribution in [0.25, 0.3) is 0 Å². The van der Waals surface area contributed by atoms with E-state index in [1.807, 2.05) is 53.4 Å². The zero-order valence-corrected chi connectivity index (χ0v) is 18.5. The first-order valence-corrected chi connectivity index (χ1v) is 10.8. The SMILES string of the molecule is COc1cccc(NC(=O)N2C[C@H]3CN(C(=O)c4ccccc4)C[C@@]3(c3nc(C)no3)C2)c1. The number of aromatic nitrogens is 2. The van der Waals surface area contributed by atoms with Gasteiger partial charge in [-0.15, -0.1) is 0 Å². The number of benzene rings is 2. The second-order valence-corrected chi connectivity index (χ2v) is 8.59. The molecule has 0 unspecified atom stereocenters. The van der Waals surface area contributed by atoms with Crippen LogP contribution >= 0.6 is 0 Å². The molecule has 9 nitrogen and oxygen atoms in total. The van der Waals surface area contributed by atoms with E-state index in [0.29, 0.717) is 54.9 Å². The molecule has 2 fully saturated rings. The summed E-state index contributed by atoms with van der Waals surface area (Å²) in [5, 5.41) is 6.92. The van der Waals surface area contributed by atoms with Crippen LogP contribution in [0.5, 0.6) is 5.75 Å². The Hall–Kier alpha value is -3.88. The molecule has 3 heterocycles. The molecule has 0 bridgehead atoms. The van der Waals surface area contributed by atoms with E-state index < -0.39 is 5.41 Å². The molecule has 5 rings (SSSR count). The number of nitrogens with one attached hydrogen (secondary N) is 1. The molecular weight excluding hydrogens is 422 g/mol. The first-order chi connectivity index (χ1) is 16.0. The van der Waals surface area contributed by atoms with E-state index in [2.05, 4.69) is 15.5 Å². The molecule has 1 N–H and O–H groups in total.